The standard InChI is InChI=1S/C14H26O2/c1-11-7-6-8-14(11,10-16-5)12(15)9-13(2,3)4/h11H,6-10H2,1-5H3. The molecule has 0 N–H and O–H groups in total. The third kappa shape index (κ3) is 2.85. The Balaban J connectivity index is 2.81. The van der Waals surface area contributed by atoms with E-state index in [0.717, 1.165) is 6.42 Å². The van der Waals surface area contributed by atoms with E-state index in [-0.39, 0.29) is 10.8 Å². The number of carbonyl (C=O) groups excluding carboxylic acids is 1. The molecule has 0 aliphatic heterocycles. The van der Waals surface area contributed by atoms with Gasteiger partial charge < -0.3 is 4.74 Å². The van der Waals surface area contributed by atoms with Crippen LogP contribution in [0, 0.1) is 16.7 Å². The molecule has 0 amide bonds. The Labute approximate surface area is 99.8 Å². The van der Waals surface area contributed by atoms with Crippen molar-refractivity contribution in [3.63, 3.8) is 0 Å². The molecule has 2 unspecified atom stereocenters. The van der Waals surface area contributed by atoms with Crippen LogP contribution < -0.4 is 0 Å². The van der Waals surface area contributed by atoms with Gasteiger partial charge in [0.05, 0.1) is 12.0 Å². The highest BCUT2D eigenvalue weighted by atomic mass is 16.5. The van der Waals surface area contributed by atoms with Crippen molar-refractivity contribution in [2.45, 2.75) is 53.4 Å². The quantitative estimate of drug-likeness (QED) is 0.734. The van der Waals surface area contributed by atoms with Crippen molar-refractivity contribution in [1.82, 2.24) is 0 Å². The minimum absolute atomic E-state index is 0.0835. The minimum Gasteiger partial charge on any atom is -0.384 e. The SMILES string of the molecule is COCC1(C(=O)CC(C)(C)C)CCCC1C. The van der Waals surface area contributed by atoms with Gasteiger partial charge in [-0.25, -0.2) is 0 Å². The second-order valence-corrected chi connectivity index (χ2v) is 6.54. The van der Waals surface area contributed by atoms with Gasteiger partial charge in [0.15, 0.2) is 0 Å². The predicted molar refractivity (Wildman–Crippen MR) is 66.4 cm³/mol. The Bertz CT molecular complexity index is 252. The third-order valence-corrected chi connectivity index (χ3v) is 3.85. The zero-order valence-electron chi connectivity index (χ0n) is 11.4. The number of carbonyl (C=O) groups is 1. The number of ether oxygens (including phenoxy) is 1. The predicted octanol–water partition coefficient (Wildman–Crippen LogP) is 3.44. The van der Waals surface area contributed by atoms with E-state index < -0.39 is 0 Å². The molecule has 0 radical (unpaired) electrons. The maximum absolute atomic E-state index is 12.5. The van der Waals surface area contributed by atoms with Crippen LogP contribution in [0.25, 0.3) is 0 Å². The fraction of sp³-hybridized carbons (Fsp3) is 0.929. The number of hydrogen-bond acceptors (Lipinski definition) is 2. The van der Waals surface area contributed by atoms with Crippen molar-refractivity contribution in [2.24, 2.45) is 16.7 Å². The van der Waals surface area contributed by atoms with E-state index in [9.17, 15) is 4.79 Å². The van der Waals surface area contributed by atoms with Crippen LogP contribution in [0.3, 0.4) is 0 Å². The number of hydrogen-bond donors (Lipinski definition) is 0. The fourth-order valence-electron chi connectivity index (χ4n) is 2.87. The molecule has 0 spiro atoms. The largest absolute Gasteiger partial charge is 0.384 e. The lowest BCUT2D eigenvalue weighted by atomic mass is 9.71. The zero-order valence-corrected chi connectivity index (χ0v) is 11.4. The first-order valence-electron chi connectivity index (χ1n) is 6.34. The Morgan fingerprint density at radius 3 is 2.44 bits per heavy atom. The molecule has 0 bridgehead atoms. The zero-order chi connectivity index (χ0) is 12.4. The van der Waals surface area contributed by atoms with Gasteiger partial charge >= 0.3 is 0 Å². The molecule has 94 valence electrons. The van der Waals surface area contributed by atoms with Gasteiger partial charge in [-0.1, -0.05) is 34.1 Å². The first-order chi connectivity index (χ1) is 7.32. The molecule has 2 nitrogen and oxygen atoms in total. The Kier molecular flexibility index (Phi) is 4.17. The summed E-state index contributed by atoms with van der Waals surface area (Å²) in [5, 5.41) is 0. The Morgan fingerprint density at radius 1 is 1.44 bits per heavy atom. The van der Waals surface area contributed by atoms with Gasteiger partial charge in [0.2, 0.25) is 0 Å². The summed E-state index contributed by atoms with van der Waals surface area (Å²) in [5.41, 5.74) is -0.109. The van der Waals surface area contributed by atoms with Gasteiger partial charge in [-0.05, 0) is 24.2 Å². The smallest absolute Gasteiger partial charge is 0.142 e. The molecule has 0 aromatic heterocycles. The maximum atomic E-state index is 12.5. The highest BCUT2D eigenvalue weighted by molar-refractivity contribution is 5.86. The normalized spacial score (nSPS) is 30.7. The van der Waals surface area contributed by atoms with Crippen LogP contribution >= 0.6 is 0 Å². The van der Waals surface area contributed by atoms with Gasteiger partial charge in [-0.3, -0.25) is 4.79 Å². The maximum Gasteiger partial charge on any atom is 0.142 e. The molecule has 1 fully saturated rings. The molecular weight excluding hydrogens is 200 g/mol. The van der Waals surface area contributed by atoms with Crippen LogP contribution in [0.1, 0.15) is 53.4 Å². The van der Waals surface area contributed by atoms with E-state index in [1.807, 2.05) is 0 Å². The molecule has 2 heteroatoms. The molecular formula is C14H26O2. The molecule has 0 heterocycles. The number of rotatable bonds is 4. The van der Waals surface area contributed by atoms with Crippen molar-refractivity contribution in [1.29, 1.82) is 0 Å². The van der Waals surface area contributed by atoms with Crippen LogP contribution in [-0.2, 0) is 9.53 Å². The highest BCUT2D eigenvalue weighted by Gasteiger charge is 2.46. The van der Waals surface area contributed by atoms with E-state index >= 15 is 0 Å². The first-order valence-corrected chi connectivity index (χ1v) is 6.34. The average Bonchev–Trinajstić information content (AvgIpc) is 2.46. The molecule has 1 aliphatic carbocycles. The number of Topliss-reactive ketones (excluding diaryl/α,β-unsaturated/α-hetero) is 1. The molecule has 0 aromatic rings. The summed E-state index contributed by atoms with van der Waals surface area (Å²) in [5.74, 6) is 0.883. The summed E-state index contributed by atoms with van der Waals surface area (Å²) in [6.07, 6.45) is 4.01. The van der Waals surface area contributed by atoms with Gasteiger partial charge in [0, 0.05) is 13.5 Å². The van der Waals surface area contributed by atoms with Crippen LogP contribution in [-0.4, -0.2) is 19.5 Å². The summed E-state index contributed by atoms with van der Waals surface area (Å²) in [6.45, 7) is 9.19. The van der Waals surface area contributed by atoms with Crippen LogP contribution in [0.4, 0.5) is 0 Å². The van der Waals surface area contributed by atoms with Crippen molar-refractivity contribution >= 4 is 5.78 Å². The second kappa shape index (κ2) is 4.87. The van der Waals surface area contributed by atoms with E-state index in [0.29, 0.717) is 24.7 Å². The first kappa shape index (κ1) is 13.7. The fourth-order valence-corrected chi connectivity index (χ4v) is 2.87. The molecule has 1 aliphatic rings. The molecule has 1 rings (SSSR count). The molecule has 2 atom stereocenters. The molecule has 1 saturated carbocycles. The summed E-state index contributed by atoms with van der Waals surface area (Å²) in [7, 11) is 1.71. The Hall–Kier alpha value is -0.370. The average molecular weight is 226 g/mol. The van der Waals surface area contributed by atoms with Gasteiger partial charge in [0.25, 0.3) is 0 Å². The Morgan fingerprint density at radius 2 is 2.06 bits per heavy atom. The van der Waals surface area contributed by atoms with Gasteiger partial charge in [0.1, 0.15) is 5.78 Å². The molecule has 16 heavy (non-hydrogen) atoms. The van der Waals surface area contributed by atoms with E-state index in [4.69, 9.17) is 4.74 Å². The monoisotopic (exact) mass is 226 g/mol. The van der Waals surface area contributed by atoms with Crippen LogP contribution in [0.5, 0.6) is 0 Å². The summed E-state index contributed by atoms with van der Waals surface area (Å²) >= 11 is 0. The third-order valence-electron chi connectivity index (χ3n) is 3.85. The molecule has 0 aromatic carbocycles. The number of ketones is 1. The van der Waals surface area contributed by atoms with E-state index in [1.54, 1.807) is 7.11 Å². The summed E-state index contributed by atoms with van der Waals surface area (Å²) in [6, 6.07) is 0. The van der Waals surface area contributed by atoms with E-state index in [1.165, 1.54) is 12.8 Å². The minimum atomic E-state index is -0.192. The molecule has 0 saturated heterocycles. The second-order valence-electron chi connectivity index (χ2n) is 6.54. The highest BCUT2D eigenvalue weighted by Crippen LogP contribution is 2.46. The van der Waals surface area contributed by atoms with Gasteiger partial charge in [-0.15, -0.1) is 0 Å². The topological polar surface area (TPSA) is 26.3 Å². The van der Waals surface area contributed by atoms with Crippen LogP contribution in [0.15, 0.2) is 0 Å². The van der Waals surface area contributed by atoms with Crippen molar-refractivity contribution < 1.29 is 9.53 Å². The van der Waals surface area contributed by atoms with Crippen molar-refractivity contribution in [3.8, 4) is 0 Å². The van der Waals surface area contributed by atoms with Crippen LogP contribution in [0.2, 0.25) is 0 Å². The van der Waals surface area contributed by atoms with Crippen molar-refractivity contribution in [3.05, 3.63) is 0 Å². The lowest BCUT2D eigenvalue weighted by Gasteiger charge is -2.34. The van der Waals surface area contributed by atoms with Crippen molar-refractivity contribution in [2.75, 3.05) is 13.7 Å². The van der Waals surface area contributed by atoms with E-state index in [2.05, 4.69) is 27.7 Å². The summed E-state index contributed by atoms with van der Waals surface area (Å²) in [4.78, 5) is 12.5. The summed E-state index contributed by atoms with van der Waals surface area (Å²) < 4.78 is 5.31. The lowest BCUT2D eigenvalue weighted by Crippen LogP contribution is -2.39. The van der Waals surface area contributed by atoms with Gasteiger partial charge in [-0.2, -0.15) is 0 Å². The lowest BCUT2D eigenvalue weighted by molar-refractivity contribution is -0.136. The number of methoxy groups -OCH3 is 1.